The number of thioether (sulfide) groups is 1. The molecule has 0 aromatic heterocycles. The van der Waals surface area contributed by atoms with Crippen LogP contribution < -0.4 is 14.4 Å². The number of halogens is 2. The number of anilines is 1. The maximum absolute atomic E-state index is 13.4. The molecule has 0 atom stereocenters. The van der Waals surface area contributed by atoms with Gasteiger partial charge in [0.05, 0.1) is 17.7 Å². The number of hydrogen-bond donors (Lipinski definition) is 1. The van der Waals surface area contributed by atoms with E-state index in [2.05, 4.69) is 5.32 Å². The Hall–Kier alpha value is -2.39. The standard InChI is InChI=1S/C24H24Cl2N2O4S2/c1-32-23-11-10-20(26)15-22(23)28(34(30,31)21-8-3-2-4-9-21)16-24(29)27-12-13-33-17-18-6-5-7-19(25)14-18/h2-11,14-15H,12-13,16-17H2,1H3,(H,27,29). The lowest BCUT2D eigenvalue weighted by Gasteiger charge is -2.25. The van der Waals surface area contributed by atoms with E-state index in [0.29, 0.717) is 22.3 Å². The molecule has 0 heterocycles. The van der Waals surface area contributed by atoms with E-state index in [-0.39, 0.29) is 16.3 Å². The van der Waals surface area contributed by atoms with Crippen LogP contribution in [0.1, 0.15) is 5.56 Å². The Morgan fingerprint density at radius 1 is 1.00 bits per heavy atom. The number of rotatable bonds is 11. The molecular weight excluding hydrogens is 515 g/mol. The van der Waals surface area contributed by atoms with Crippen LogP contribution in [0.2, 0.25) is 10.0 Å². The highest BCUT2D eigenvalue weighted by atomic mass is 35.5. The van der Waals surface area contributed by atoms with E-state index >= 15 is 0 Å². The molecule has 10 heteroatoms. The summed E-state index contributed by atoms with van der Waals surface area (Å²) >= 11 is 13.8. The molecule has 0 aliphatic rings. The molecule has 0 saturated carbocycles. The summed E-state index contributed by atoms with van der Waals surface area (Å²) in [5.41, 5.74) is 1.28. The average Bonchev–Trinajstić information content (AvgIpc) is 2.83. The van der Waals surface area contributed by atoms with Crippen LogP contribution in [0.25, 0.3) is 0 Å². The fraction of sp³-hybridized carbons (Fsp3) is 0.208. The second kappa shape index (κ2) is 12.4. The second-order valence-corrected chi connectivity index (χ2v) is 11.0. The number of amides is 1. The van der Waals surface area contributed by atoms with Gasteiger partial charge in [-0.15, -0.1) is 0 Å². The van der Waals surface area contributed by atoms with Gasteiger partial charge in [-0.2, -0.15) is 11.8 Å². The predicted octanol–water partition coefficient (Wildman–Crippen LogP) is 5.25. The van der Waals surface area contributed by atoms with Crippen molar-refractivity contribution in [2.45, 2.75) is 10.6 Å². The molecule has 34 heavy (non-hydrogen) atoms. The number of benzene rings is 3. The smallest absolute Gasteiger partial charge is 0.264 e. The van der Waals surface area contributed by atoms with E-state index in [1.54, 1.807) is 42.1 Å². The Morgan fingerprint density at radius 2 is 1.74 bits per heavy atom. The number of hydrogen-bond acceptors (Lipinski definition) is 5. The molecule has 3 rings (SSSR count). The molecular formula is C24H24Cl2N2O4S2. The summed E-state index contributed by atoms with van der Waals surface area (Å²) in [7, 11) is -2.63. The largest absolute Gasteiger partial charge is 0.495 e. The fourth-order valence-corrected chi connectivity index (χ4v) is 5.77. The summed E-state index contributed by atoms with van der Waals surface area (Å²) in [5.74, 6) is 1.26. The molecule has 1 N–H and O–H groups in total. The van der Waals surface area contributed by atoms with Gasteiger partial charge in [0.15, 0.2) is 0 Å². The van der Waals surface area contributed by atoms with Crippen LogP contribution >= 0.6 is 35.0 Å². The van der Waals surface area contributed by atoms with Crippen molar-refractivity contribution in [3.8, 4) is 5.75 Å². The Kier molecular flexibility index (Phi) is 9.53. The summed E-state index contributed by atoms with van der Waals surface area (Å²) in [6.07, 6.45) is 0. The molecule has 0 saturated heterocycles. The maximum atomic E-state index is 13.4. The van der Waals surface area contributed by atoms with Crippen LogP contribution in [-0.4, -0.2) is 40.3 Å². The summed E-state index contributed by atoms with van der Waals surface area (Å²) in [5, 5.41) is 3.79. The number of carbonyl (C=O) groups excluding carboxylic acids is 1. The molecule has 0 aliphatic carbocycles. The first-order chi connectivity index (χ1) is 16.3. The first-order valence-electron chi connectivity index (χ1n) is 10.3. The quantitative estimate of drug-likeness (QED) is 0.337. The highest BCUT2D eigenvalue weighted by Crippen LogP contribution is 2.34. The summed E-state index contributed by atoms with van der Waals surface area (Å²) in [4.78, 5) is 12.8. The van der Waals surface area contributed by atoms with Crippen molar-refractivity contribution >= 4 is 56.6 Å². The monoisotopic (exact) mass is 538 g/mol. The van der Waals surface area contributed by atoms with Gasteiger partial charge in [-0.25, -0.2) is 8.42 Å². The predicted molar refractivity (Wildman–Crippen MR) is 140 cm³/mol. The van der Waals surface area contributed by atoms with Crippen LogP contribution in [0, 0.1) is 0 Å². The minimum atomic E-state index is -4.06. The van der Waals surface area contributed by atoms with Crippen LogP contribution in [0.5, 0.6) is 5.75 Å². The van der Waals surface area contributed by atoms with Crippen molar-refractivity contribution in [3.63, 3.8) is 0 Å². The number of sulfonamides is 1. The zero-order valence-electron chi connectivity index (χ0n) is 18.4. The Morgan fingerprint density at radius 3 is 2.44 bits per heavy atom. The van der Waals surface area contributed by atoms with Crippen molar-refractivity contribution in [2.75, 3.05) is 30.3 Å². The van der Waals surface area contributed by atoms with E-state index in [0.717, 1.165) is 15.6 Å². The summed E-state index contributed by atoms with van der Waals surface area (Å²) in [6.45, 7) is -0.0388. The van der Waals surface area contributed by atoms with Gasteiger partial charge >= 0.3 is 0 Å². The molecule has 0 aliphatic heterocycles. The third kappa shape index (κ3) is 7.06. The number of nitrogens with zero attached hydrogens (tertiary/aromatic N) is 1. The molecule has 3 aromatic carbocycles. The maximum Gasteiger partial charge on any atom is 0.264 e. The molecule has 3 aromatic rings. The van der Waals surface area contributed by atoms with Gasteiger partial charge in [0.25, 0.3) is 10.0 Å². The van der Waals surface area contributed by atoms with Crippen LogP contribution in [-0.2, 0) is 20.6 Å². The summed E-state index contributed by atoms with van der Waals surface area (Å²) < 4.78 is 33.2. The minimum Gasteiger partial charge on any atom is -0.495 e. The third-order valence-electron chi connectivity index (χ3n) is 4.75. The normalized spacial score (nSPS) is 11.1. The second-order valence-electron chi connectivity index (χ2n) is 7.17. The van der Waals surface area contributed by atoms with E-state index in [1.807, 2.05) is 24.3 Å². The molecule has 1 amide bonds. The van der Waals surface area contributed by atoms with Crippen molar-refractivity contribution < 1.29 is 17.9 Å². The van der Waals surface area contributed by atoms with Crippen molar-refractivity contribution in [2.24, 2.45) is 0 Å². The Bertz CT molecular complexity index is 1220. The molecule has 6 nitrogen and oxygen atoms in total. The molecule has 0 unspecified atom stereocenters. The van der Waals surface area contributed by atoms with Crippen LogP contribution in [0.15, 0.2) is 77.7 Å². The highest BCUT2D eigenvalue weighted by molar-refractivity contribution is 7.98. The molecule has 0 radical (unpaired) electrons. The van der Waals surface area contributed by atoms with E-state index in [1.165, 1.54) is 25.3 Å². The number of carbonyl (C=O) groups is 1. The first-order valence-corrected chi connectivity index (χ1v) is 13.7. The van der Waals surface area contributed by atoms with Gasteiger partial charge in [0, 0.05) is 28.1 Å². The van der Waals surface area contributed by atoms with Crippen LogP contribution in [0.4, 0.5) is 5.69 Å². The summed E-state index contributed by atoms with van der Waals surface area (Å²) in [6, 6.07) is 20.1. The third-order valence-corrected chi connectivity index (χ3v) is 8.03. The average molecular weight is 540 g/mol. The lowest BCUT2D eigenvalue weighted by Crippen LogP contribution is -2.41. The minimum absolute atomic E-state index is 0.0573. The SMILES string of the molecule is COc1ccc(Cl)cc1N(CC(=O)NCCSCc1cccc(Cl)c1)S(=O)(=O)c1ccccc1. The lowest BCUT2D eigenvalue weighted by atomic mass is 10.2. The number of nitrogens with one attached hydrogen (secondary N) is 1. The van der Waals surface area contributed by atoms with Crippen molar-refractivity contribution in [1.29, 1.82) is 0 Å². The fourth-order valence-electron chi connectivity index (χ4n) is 3.14. The lowest BCUT2D eigenvalue weighted by molar-refractivity contribution is -0.119. The van der Waals surface area contributed by atoms with E-state index < -0.39 is 22.5 Å². The number of methoxy groups -OCH3 is 1. The zero-order chi connectivity index (χ0) is 24.6. The van der Waals surface area contributed by atoms with Crippen LogP contribution in [0.3, 0.4) is 0 Å². The van der Waals surface area contributed by atoms with E-state index in [9.17, 15) is 13.2 Å². The van der Waals surface area contributed by atoms with Gasteiger partial charge in [0.2, 0.25) is 5.91 Å². The molecule has 180 valence electrons. The molecule has 0 fully saturated rings. The zero-order valence-corrected chi connectivity index (χ0v) is 21.6. The van der Waals surface area contributed by atoms with Gasteiger partial charge in [-0.05, 0) is 48.0 Å². The van der Waals surface area contributed by atoms with Gasteiger partial charge in [0.1, 0.15) is 12.3 Å². The highest BCUT2D eigenvalue weighted by Gasteiger charge is 2.29. The number of ether oxygens (including phenoxy) is 1. The van der Waals surface area contributed by atoms with E-state index in [4.69, 9.17) is 27.9 Å². The van der Waals surface area contributed by atoms with Gasteiger partial charge in [-0.1, -0.05) is 53.5 Å². The topological polar surface area (TPSA) is 75.7 Å². The van der Waals surface area contributed by atoms with Crippen molar-refractivity contribution in [3.05, 3.63) is 88.4 Å². The Labute approximate surface area is 214 Å². The van der Waals surface area contributed by atoms with Gasteiger partial charge in [-0.3, -0.25) is 9.10 Å². The Balaban J connectivity index is 1.70. The first kappa shape index (κ1) is 26.2. The van der Waals surface area contributed by atoms with Crippen molar-refractivity contribution in [1.82, 2.24) is 5.32 Å². The van der Waals surface area contributed by atoms with Gasteiger partial charge < -0.3 is 10.1 Å². The molecule has 0 spiro atoms. The molecule has 0 bridgehead atoms.